The molecule has 4 aromatic rings. The zero-order valence-corrected chi connectivity index (χ0v) is 13.3. The average molecular weight is 348 g/mol. The highest BCUT2D eigenvalue weighted by Crippen LogP contribution is 2.30. The van der Waals surface area contributed by atoms with Crippen LogP contribution in [0.5, 0.6) is 0 Å². The maximum atomic E-state index is 12.5. The van der Waals surface area contributed by atoms with E-state index in [2.05, 4.69) is 10.1 Å². The van der Waals surface area contributed by atoms with E-state index >= 15 is 0 Å². The van der Waals surface area contributed by atoms with Crippen LogP contribution < -0.4 is 5.56 Å². The van der Waals surface area contributed by atoms with Crippen LogP contribution >= 0.6 is 34.5 Å². The van der Waals surface area contributed by atoms with Crippen LogP contribution in [0.25, 0.3) is 26.4 Å². The van der Waals surface area contributed by atoms with Gasteiger partial charge in [0.15, 0.2) is 0 Å². The van der Waals surface area contributed by atoms with Crippen molar-refractivity contribution in [2.45, 2.75) is 0 Å². The molecule has 0 unspecified atom stereocenters. The zero-order valence-electron chi connectivity index (χ0n) is 11.0. The van der Waals surface area contributed by atoms with Crippen LogP contribution in [-0.4, -0.2) is 14.6 Å². The first-order valence-electron chi connectivity index (χ1n) is 6.37. The van der Waals surface area contributed by atoms with Gasteiger partial charge < -0.3 is 0 Å². The van der Waals surface area contributed by atoms with Crippen molar-refractivity contribution in [3.63, 3.8) is 0 Å². The molecule has 0 amide bonds. The van der Waals surface area contributed by atoms with E-state index in [1.54, 1.807) is 24.3 Å². The lowest BCUT2D eigenvalue weighted by molar-refractivity contribution is 0.920. The number of rotatable bonds is 1. The fourth-order valence-electron chi connectivity index (χ4n) is 2.25. The molecule has 2 aromatic heterocycles. The molecule has 108 valence electrons. The fraction of sp³-hybridized carbons (Fsp3) is 0. The summed E-state index contributed by atoms with van der Waals surface area (Å²) in [6.07, 6.45) is 0. The van der Waals surface area contributed by atoms with Gasteiger partial charge in [0.25, 0.3) is 5.56 Å². The Morgan fingerprint density at radius 1 is 1.05 bits per heavy atom. The molecule has 4 rings (SSSR count). The Labute approximate surface area is 138 Å². The highest BCUT2D eigenvalue weighted by atomic mass is 35.5. The Kier molecular flexibility index (Phi) is 3.14. The number of hydrogen-bond donors (Lipinski definition) is 0. The molecule has 0 saturated carbocycles. The summed E-state index contributed by atoms with van der Waals surface area (Å²) in [6, 6.07) is 12.4. The molecule has 0 radical (unpaired) electrons. The predicted molar refractivity (Wildman–Crippen MR) is 90.1 cm³/mol. The van der Waals surface area contributed by atoms with Gasteiger partial charge in [-0.05, 0) is 30.3 Å². The normalized spacial score (nSPS) is 11.4. The molecule has 0 atom stereocenters. The van der Waals surface area contributed by atoms with E-state index in [9.17, 15) is 4.79 Å². The molecule has 0 fully saturated rings. The number of nitrogens with zero attached hydrogens (tertiary/aromatic N) is 3. The lowest BCUT2D eigenvalue weighted by Gasteiger charge is -1.97. The van der Waals surface area contributed by atoms with Gasteiger partial charge in [0.05, 0.1) is 10.9 Å². The minimum atomic E-state index is -0.184. The van der Waals surface area contributed by atoms with E-state index in [0.717, 1.165) is 5.56 Å². The smallest absolute Gasteiger partial charge is 0.267 e. The second-order valence-electron chi connectivity index (χ2n) is 4.69. The lowest BCUT2D eigenvalue weighted by atomic mass is 10.2. The monoisotopic (exact) mass is 347 g/mol. The van der Waals surface area contributed by atoms with E-state index in [1.807, 2.05) is 18.2 Å². The van der Waals surface area contributed by atoms with Gasteiger partial charge in [-0.3, -0.25) is 4.79 Å². The van der Waals surface area contributed by atoms with Crippen LogP contribution in [-0.2, 0) is 0 Å². The molecule has 7 heteroatoms. The second kappa shape index (κ2) is 5.05. The molecule has 0 aliphatic rings. The lowest BCUT2D eigenvalue weighted by Crippen LogP contribution is -2.14. The van der Waals surface area contributed by atoms with E-state index in [-0.39, 0.29) is 5.56 Å². The highest BCUT2D eigenvalue weighted by molar-refractivity contribution is 7.19. The molecule has 0 bridgehead atoms. The summed E-state index contributed by atoms with van der Waals surface area (Å²) in [6.45, 7) is 0. The number of halogens is 2. The molecule has 0 aliphatic carbocycles. The summed E-state index contributed by atoms with van der Waals surface area (Å²) < 4.78 is 1.32. The Morgan fingerprint density at radius 3 is 2.55 bits per heavy atom. The van der Waals surface area contributed by atoms with Crippen LogP contribution in [0.2, 0.25) is 10.0 Å². The fourth-order valence-corrected chi connectivity index (χ4v) is 3.66. The molecule has 22 heavy (non-hydrogen) atoms. The summed E-state index contributed by atoms with van der Waals surface area (Å²) in [5.41, 5.74) is 1.24. The molecular formula is C15H7Cl2N3OS. The number of fused-ring (bicyclic) bond motifs is 2. The first kappa shape index (κ1) is 13.7. The first-order valence-corrected chi connectivity index (χ1v) is 7.94. The molecule has 0 N–H and O–H groups in total. The van der Waals surface area contributed by atoms with Gasteiger partial charge in [-0.1, -0.05) is 46.7 Å². The minimum absolute atomic E-state index is 0.184. The van der Waals surface area contributed by atoms with Gasteiger partial charge in [-0.25, -0.2) is 4.98 Å². The van der Waals surface area contributed by atoms with Gasteiger partial charge in [0.2, 0.25) is 4.96 Å². The van der Waals surface area contributed by atoms with E-state index in [0.29, 0.717) is 30.9 Å². The van der Waals surface area contributed by atoms with E-state index in [4.69, 9.17) is 23.2 Å². The van der Waals surface area contributed by atoms with Crippen molar-refractivity contribution in [1.29, 1.82) is 0 Å². The quantitative estimate of drug-likeness (QED) is 0.516. The molecule has 2 heterocycles. The van der Waals surface area contributed by atoms with Gasteiger partial charge in [-0.2, -0.15) is 9.61 Å². The largest absolute Gasteiger partial charge is 0.283 e. The maximum Gasteiger partial charge on any atom is 0.283 e. The van der Waals surface area contributed by atoms with Crippen molar-refractivity contribution in [2.75, 3.05) is 0 Å². The summed E-state index contributed by atoms with van der Waals surface area (Å²) in [4.78, 5) is 17.5. The topological polar surface area (TPSA) is 47.3 Å². The summed E-state index contributed by atoms with van der Waals surface area (Å²) in [5.74, 6) is 0. The SMILES string of the molecule is O=c1c2ccccc2nc2sc(-c3cc(Cl)cc(Cl)c3)nn12. The molecule has 4 nitrogen and oxygen atoms in total. The Hall–Kier alpha value is -1.95. The molecule has 2 aromatic carbocycles. The standard InChI is InChI=1S/C15H7Cl2N3OS/c16-9-5-8(6-10(17)7-9)13-19-20-14(21)11-3-1-2-4-12(11)18-15(20)22-13/h1-7H. The van der Waals surface area contributed by atoms with Crippen molar-refractivity contribution >= 4 is 50.4 Å². The van der Waals surface area contributed by atoms with Crippen LogP contribution in [0.1, 0.15) is 0 Å². The van der Waals surface area contributed by atoms with Crippen LogP contribution in [0.3, 0.4) is 0 Å². The van der Waals surface area contributed by atoms with Crippen molar-refractivity contribution in [1.82, 2.24) is 14.6 Å². The minimum Gasteiger partial charge on any atom is -0.267 e. The number of aromatic nitrogens is 3. The van der Waals surface area contributed by atoms with Crippen molar-refractivity contribution in [2.24, 2.45) is 0 Å². The third-order valence-electron chi connectivity index (χ3n) is 3.21. The summed E-state index contributed by atoms with van der Waals surface area (Å²) >= 11 is 13.4. The summed E-state index contributed by atoms with van der Waals surface area (Å²) in [5, 5.41) is 6.58. The molecule has 0 aliphatic heterocycles. The number of para-hydroxylation sites is 1. The Balaban J connectivity index is 2.03. The number of hydrogen-bond acceptors (Lipinski definition) is 4. The number of benzene rings is 2. The first-order chi connectivity index (χ1) is 10.6. The van der Waals surface area contributed by atoms with Gasteiger partial charge in [0.1, 0.15) is 5.01 Å². The van der Waals surface area contributed by atoms with Crippen molar-refractivity contribution < 1.29 is 0 Å². The zero-order chi connectivity index (χ0) is 15.3. The van der Waals surface area contributed by atoms with Crippen LogP contribution in [0.4, 0.5) is 0 Å². The molecular weight excluding hydrogens is 341 g/mol. The Morgan fingerprint density at radius 2 is 1.77 bits per heavy atom. The van der Waals surface area contributed by atoms with E-state index in [1.165, 1.54) is 15.9 Å². The predicted octanol–water partition coefficient (Wildman–Crippen LogP) is 4.28. The van der Waals surface area contributed by atoms with E-state index < -0.39 is 0 Å². The van der Waals surface area contributed by atoms with Crippen LogP contribution in [0.15, 0.2) is 47.3 Å². The highest BCUT2D eigenvalue weighted by Gasteiger charge is 2.12. The molecule has 0 saturated heterocycles. The maximum absolute atomic E-state index is 12.5. The third-order valence-corrected chi connectivity index (χ3v) is 4.61. The third kappa shape index (κ3) is 2.18. The summed E-state index contributed by atoms with van der Waals surface area (Å²) in [7, 11) is 0. The average Bonchev–Trinajstić information content (AvgIpc) is 2.91. The second-order valence-corrected chi connectivity index (χ2v) is 6.52. The van der Waals surface area contributed by atoms with Crippen molar-refractivity contribution in [3.05, 3.63) is 62.9 Å². The van der Waals surface area contributed by atoms with Crippen LogP contribution in [0, 0.1) is 0 Å². The van der Waals surface area contributed by atoms with Gasteiger partial charge in [-0.15, -0.1) is 0 Å². The molecule has 0 spiro atoms. The Bertz CT molecular complexity index is 1070. The van der Waals surface area contributed by atoms with Gasteiger partial charge >= 0.3 is 0 Å². The van der Waals surface area contributed by atoms with Gasteiger partial charge in [0, 0.05) is 15.6 Å². The van der Waals surface area contributed by atoms with Crippen molar-refractivity contribution in [3.8, 4) is 10.6 Å².